The first-order chi connectivity index (χ1) is 20.8. The number of fused-ring (bicyclic) bond motifs is 1. The largest absolute Gasteiger partial charge is 0.493 e. The molecule has 2 aliphatic rings. The van der Waals surface area contributed by atoms with Gasteiger partial charge < -0.3 is 19.8 Å². The van der Waals surface area contributed by atoms with Gasteiger partial charge in [-0.2, -0.15) is 4.31 Å². The van der Waals surface area contributed by atoms with Gasteiger partial charge in [0.1, 0.15) is 29.2 Å². The lowest BCUT2D eigenvalue weighted by Gasteiger charge is -2.45. The number of aromatic nitrogens is 3. The van der Waals surface area contributed by atoms with Gasteiger partial charge >= 0.3 is 0 Å². The number of para-hydroxylation sites is 1. The minimum atomic E-state index is -3.36. The van der Waals surface area contributed by atoms with Gasteiger partial charge in [0.05, 0.1) is 12.5 Å². The van der Waals surface area contributed by atoms with Crippen LogP contribution in [0.4, 0.5) is 5.82 Å². The number of nitrogens with two attached hydrogens (primary N) is 1. The number of benzene rings is 2. The minimum absolute atomic E-state index is 0.209. The topological polar surface area (TPSA) is 116 Å². The fourth-order valence-corrected chi connectivity index (χ4v) is 6.80. The van der Waals surface area contributed by atoms with Crippen LogP contribution in [0.5, 0.6) is 17.2 Å². The van der Waals surface area contributed by atoms with Gasteiger partial charge in [0, 0.05) is 56.2 Å². The van der Waals surface area contributed by atoms with Crippen molar-refractivity contribution in [1.29, 1.82) is 0 Å². The van der Waals surface area contributed by atoms with Crippen LogP contribution in [0.15, 0.2) is 66.8 Å². The molecule has 4 aromatic rings. The summed E-state index contributed by atoms with van der Waals surface area (Å²) < 4.78 is 39.5. The monoisotopic (exact) mass is 598 g/mol. The van der Waals surface area contributed by atoms with E-state index >= 15 is 0 Å². The van der Waals surface area contributed by atoms with E-state index in [1.807, 2.05) is 60.1 Å². The number of sulfonamides is 1. The Morgan fingerprint density at radius 3 is 2.51 bits per heavy atom. The van der Waals surface area contributed by atoms with Crippen molar-refractivity contribution >= 4 is 26.9 Å². The zero-order valence-corrected chi connectivity index (χ0v) is 25.0. The lowest BCUT2D eigenvalue weighted by Crippen LogP contribution is -2.55. The van der Waals surface area contributed by atoms with Crippen molar-refractivity contribution in [2.75, 3.05) is 39.0 Å². The van der Waals surface area contributed by atoms with E-state index in [2.05, 4.69) is 33.3 Å². The maximum atomic E-state index is 12.1. The molecule has 0 atom stereocenters. The first-order valence-electron chi connectivity index (χ1n) is 14.2. The number of hydrogen-bond acceptors (Lipinski definition) is 8. The van der Waals surface area contributed by atoms with Crippen molar-refractivity contribution in [3.05, 3.63) is 72.5 Å². The van der Waals surface area contributed by atoms with Gasteiger partial charge in [-0.3, -0.25) is 4.90 Å². The molecule has 4 heterocycles. The van der Waals surface area contributed by atoms with Gasteiger partial charge in [0.15, 0.2) is 11.5 Å². The van der Waals surface area contributed by atoms with Crippen LogP contribution < -0.4 is 15.2 Å². The third kappa shape index (κ3) is 5.57. The van der Waals surface area contributed by atoms with E-state index in [0.717, 1.165) is 53.5 Å². The zero-order valence-electron chi connectivity index (χ0n) is 24.2. The molecule has 43 heavy (non-hydrogen) atoms. The number of nitrogen functional groups attached to an aromatic ring is 1. The molecule has 0 saturated carbocycles. The van der Waals surface area contributed by atoms with E-state index < -0.39 is 10.0 Å². The van der Waals surface area contributed by atoms with Gasteiger partial charge in [-0.05, 0) is 48.6 Å². The third-order valence-electron chi connectivity index (χ3n) is 8.23. The average molecular weight is 599 g/mol. The highest BCUT2D eigenvalue weighted by Gasteiger charge is 2.35. The standard InChI is InChI=1S/C32H34N6O4S/c1-4-43(39,40)38-16-14-24(15-17-38)37-19-22(20-37)10-12-26-29(30-31(33)34-21-35-32(30)36(26)2)23-11-13-27(28(18-23)41-3)42-25-8-6-5-7-9-25/h4-9,11,13,18,21-22,24H,1,14-17,19-20H2,2-3H3,(H2,33,34,35). The van der Waals surface area contributed by atoms with Crippen molar-refractivity contribution in [2.24, 2.45) is 13.0 Å². The van der Waals surface area contributed by atoms with Crippen LogP contribution in [0.25, 0.3) is 22.2 Å². The Balaban J connectivity index is 1.26. The second-order valence-corrected chi connectivity index (χ2v) is 12.7. The second kappa shape index (κ2) is 11.7. The normalized spacial score (nSPS) is 16.8. The van der Waals surface area contributed by atoms with E-state index in [1.54, 1.807) is 7.11 Å². The summed E-state index contributed by atoms with van der Waals surface area (Å²) in [6.07, 6.45) is 3.08. The quantitative estimate of drug-likeness (QED) is 0.314. The molecular formula is C32H34N6O4S. The maximum Gasteiger partial charge on any atom is 0.235 e. The summed E-state index contributed by atoms with van der Waals surface area (Å²) in [6, 6.07) is 15.7. The summed E-state index contributed by atoms with van der Waals surface area (Å²) >= 11 is 0. The number of aryl methyl sites for hydroxylation is 1. The summed E-state index contributed by atoms with van der Waals surface area (Å²) in [4.78, 5) is 11.2. The number of hydrogen-bond donors (Lipinski definition) is 1. The summed E-state index contributed by atoms with van der Waals surface area (Å²) in [7, 11) is 0.194. The molecule has 0 spiro atoms. The van der Waals surface area contributed by atoms with Crippen LogP contribution in [0, 0.1) is 17.8 Å². The molecule has 6 rings (SSSR count). The molecule has 10 nitrogen and oxygen atoms in total. The molecule has 2 aromatic carbocycles. The second-order valence-electron chi connectivity index (χ2n) is 10.8. The van der Waals surface area contributed by atoms with Crippen LogP contribution >= 0.6 is 0 Å². The number of nitrogens with zero attached hydrogens (tertiary/aromatic N) is 5. The Hall–Kier alpha value is -4.37. The average Bonchev–Trinajstić information content (AvgIpc) is 3.29. The molecule has 0 aliphatic carbocycles. The van der Waals surface area contributed by atoms with E-state index in [0.29, 0.717) is 47.8 Å². The van der Waals surface area contributed by atoms with Crippen LogP contribution in [-0.2, 0) is 17.1 Å². The van der Waals surface area contributed by atoms with E-state index in [1.165, 1.54) is 10.6 Å². The Morgan fingerprint density at radius 2 is 1.81 bits per heavy atom. The maximum absolute atomic E-state index is 12.1. The van der Waals surface area contributed by atoms with Crippen molar-refractivity contribution in [2.45, 2.75) is 18.9 Å². The van der Waals surface area contributed by atoms with Crippen LogP contribution in [0.3, 0.4) is 0 Å². The highest BCUT2D eigenvalue weighted by atomic mass is 32.2. The number of ether oxygens (including phenoxy) is 2. The number of anilines is 1. The summed E-state index contributed by atoms with van der Waals surface area (Å²) in [5.41, 5.74) is 9.60. The number of rotatable bonds is 7. The Morgan fingerprint density at radius 1 is 1.07 bits per heavy atom. The summed E-state index contributed by atoms with van der Waals surface area (Å²) in [6.45, 7) is 6.19. The number of piperidine rings is 1. The Labute approximate surface area is 251 Å². The van der Waals surface area contributed by atoms with Crippen LogP contribution in [-0.4, -0.2) is 71.5 Å². The van der Waals surface area contributed by atoms with Gasteiger partial charge in [-0.1, -0.05) is 36.8 Å². The molecule has 0 unspecified atom stereocenters. The van der Waals surface area contributed by atoms with Gasteiger partial charge in [0.2, 0.25) is 10.0 Å². The van der Waals surface area contributed by atoms with Crippen molar-refractivity contribution in [3.8, 4) is 40.2 Å². The van der Waals surface area contributed by atoms with E-state index in [-0.39, 0.29) is 5.92 Å². The van der Waals surface area contributed by atoms with Gasteiger partial charge in [0.25, 0.3) is 0 Å². The lowest BCUT2D eigenvalue weighted by molar-refractivity contribution is 0.0535. The predicted octanol–water partition coefficient (Wildman–Crippen LogP) is 4.24. The van der Waals surface area contributed by atoms with Crippen LogP contribution in [0.2, 0.25) is 0 Å². The molecule has 2 aliphatic heterocycles. The van der Waals surface area contributed by atoms with Crippen molar-refractivity contribution in [1.82, 2.24) is 23.7 Å². The lowest BCUT2D eigenvalue weighted by atomic mass is 9.93. The molecule has 2 saturated heterocycles. The fourth-order valence-electron chi connectivity index (χ4n) is 5.87. The SMILES string of the molecule is C=CS(=O)(=O)N1CCC(N2CC(C#Cc3c(-c4ccc(Oc5ccccc5)c(OC)c4)c4c(N)ncnc4n3C)C2)CC1. The van der Waals surface area contributed by atoms with Crippen molar-refractivity contribution < 1.29 is 17.9 Å². The van der Waals surface area contributed by atoms with E-state index in [4.69, 9.17) is 15.2 Å². The highest BCUT2D eigenvalue weighted by molar-refractivity contribution is 7.92. The molecule has 2 aromatic heterocycles. The molecule has 2 fully saturated rings. The Bertz CT molecular complexity index is 1830. The van der Waals surface area contributed by atoms with Crippen molar-refractivity contribution in [3.63, 3.8) is 0 Å². The van der Waals surface area contributed by atoms with Crippen LogP contribution in [0.1, 0.15) is 18.5 Å². The number of likely N-dealkylation sites (tertiary alicyclic amines) is 1. The first-order valence-corrected chi connectivity index (χ1v) is 15.7. The molecule has 11 heteroatoms. The Kier molecular flexibility index (Phi) is 7.83. The van der Waals surface area contributed by atoms with Gasteiger partial charge in [-0.15, -0.1) is 0 Å². The van der Waals surface area contributed by atoms with Gasteiger partial charge in [-0.25, -0.2) is 18.4 Å². The molecule has 0 amide bonds. The molecular weight excluding hydrogens is 564 g/mol. The van der Waals surface area contributed by atoms with E-state index in [9.17, 15) is 8.42 Å². The smallest absolute Gasteiger partial charge is 0.235 e. The first kappa shape index (κ1) is 28.7. The summed E-state index contributed by atoms with van der Waals surface area (Å²) in [5, 5.41) is 1.77. The molecule has 222 valence electrons. The third-order valence-corrected chi connectivity index (χ3v) is 9.74. The predicted molar refractivity (Wildman–Crippen MR) is 167 cm³/mol. The summed E-state index contributed by atoms with van der Waals surface area (Å²) in [5.74, 6) is 9.39. The highest BCUT2D eigenvalue weighted by Crippen LogP contribution is 2.41. The molecule has 0 bridgehead atoms. The fraction of sp³-hybridized carbons (Fsp3) is 0.312. The number of methoxy groups -OCH3 is 1. The minimum Gasteiger partial charge on any atom is -0.493 e. The molecule has 2 N–H and O–H groups in total. The molecule has 0 radical (unpaired) electrons. The zero-order chi connectivity index (χ0) is 30.1.